The minimum absolute atomic E-state index is 0.149. The molecule has 0 radical (unpaired) electrons. The Morgan fingerprint density at radius 3 is 2.57 bits per heavy atom. The van der Waals surface area contributed by atoms with E-state index >= 15 is 0 Å². The molecule has 0 saturated carbocycles. The maximum absolute atomic E-state index is 12.6. The third-order valence-corrected chi connectivity index (χ3v) is 5.63. The largest absolute Gasteiger partial charge is 0.339 e. The van der Waals surface area contributed by atoms with Crippen LogP contribution in [0.15, 0.2) is 18.3 Å². The van der Waals surface area contributed by atoms with Crippen LogP contribution in [-0.2, 0) is 6.42 Å². The van der Waals surface area contributed by atoms with E-state index in [4.69, 9.17) is 0 Å². The molecule has 0 aromatic carbocycles. The number of hydrogen-bond acceptors (Lipinski definition) is 3. The number of carbonyl (C=O) groups excluding carboxylic acids is 1. The van der Waals surface area contributed by atoms with Crippen LogP contribution in [-0.4, -0.2) is 53.4 Å². The van der Waals surface area contributed by atoms with Crippen LogP contribution < -0.4 is 0 Å². The number of rotatable bonds is 3. The average Bonchev–Trinajstić information content (AvgIpc) is 2.62. The lowest BCUT2D eigenvalue weighted by molar-refractivity contribution is 0.0554. The number of pyridine rings is 1. The van der Waals surface area contributed by atoms with Crippen molar-refractivity contribution in [2.45, 2.75) is 51.5 Å². The highest BCUT2D eigenvalue weighted by Crippen LogP contribution is 2.30. The van der Waals surface area contributed by atoms with E-state index in [0.29, 0.717) is 0 Å². The van der Waals surface area contributed by atoms with Crippen molar-refractivity contribution >= 4 is 5.91 Å². The summed E-state index contributed by atoms with van der Waals surface area (Å²) in [5.74, 6) is 0.903. The molecule has 2 aliphatic heterocycles. The number of likely N-dealkylation sites (tertiary alicyclic amines) is 2. The normalized spacial score (nSPS) is 23.9. The molecule has 0 aliphatic carbocycles. The first-order valence-corrected chi connectivity index (χ1v) is 9.13. The van der Waals surface area contributed by atoms with Gasteiger partial charge in [0.15, 0.2) is 0 Å². The van der Waals surface area contributed by atoms with Crippen molar-refractivity contribution in [3.63, 3.8) is 0 Å². The van der Waals surface area contributed by atoms with Gasteiger partial charge in [-0.1, -0.05) is 13.3 Å². The van der Waals surface area contributed by atoms with E-state index in [9.17, 15) is 4.79 Å². The number of carbonyl (C=O) groups is 1. The van der Waals surface area contributed by atoms with Crippen LogP contribution in [0.3, 0.4) is 0 Å². The van der Waals surface area contributed by atoms with Crippen molar-refractivity contribution in [3.8, 4) is 0 Å². The topological polar surface area (TPSA) is 36.4 Å². The van der Waals surface area contributed by atoms with Gasteiger partial charge in [-0.05, 0) is 63.7 Å². The molecule has 1 aromatic heterocycles. The molecule has 3 rings (SSSR count). The van der Waals surface area contributed by atoms with E-state index in [1.54, 1.807) is 6.20 Å². The van der Waals surface area contributed by atoms with E-state index < -0.39 is 0 Å². The van der Waals surface area contributed by atoms with E-state index in [2.05, 4.69) is 23.9 Å². The minimum Gasteiger partial charge on any atom is -0.339 e. The zero-order chi connectivity index (χ0) is 16.2. The number of aryl methyl sites for hydroxylation is 1. The quantitative estimate of drug-likeness (QED) is 0.860. The van der Waals surface area contributed by atoms with E-state index in [-0.39, 0.29) is 5.91 Å². The second-order valence-electron chi connectivity index (χ2n) is 7.07. The van der Waals surface area contributed by atoms with E-state index in [1.807, 2.05) is 17.0 Å². The lowest BCUT2D eigenvalue weighted by Gasteiger charge is -2.42. The first-order valence-electron chi connectivity index (χ1n) is 9.13. The lowest BCUT2D eigenvalue weighted by Crippen LogP contribution is -2.47. The molecule has 2 aliphatic rings. The summed E-state index contributed by atoms with van der Waals surface area (Å²) in [6.07, 6.45) is 8.96. The van der Waals surface area contributed by atoms with Crippen LogP contribution in [0.25, 0.3) is 0 Å². The summed E-state index contributed by atoms with van der Waals surface area (Å²) in [7, 11) is 2.27. The second-order valence-corrected chi connectivity index (χ2v) is 7.07. The highest BCUT2D eigenvalue weighted by Gasteiger charge is 2.32. The fourth-order valence-corrected chi connectivity index (χ4v) is 4.13. The molecular weight excluding hydrogens is 286 g/mol. The summed E-state index contributed by atoms with van der Waals surface area (Å²) in [6, 6.07) is 4.62. The molecule has 3 heterocycles. The molecule has 0 N–H and O–H groups in total. The Balaban J connectivity index is 1.56. The molecule has 1 aromatic rings. The van der Waals surface area contributed by atoms with Gasteiger partial charge >= 0.3 is 0 Å². The summed E-state index contributed by atoms with van der Waals surface area (Å²) >= 11 is 0. The van der Waals surface area contributed by atoms with Crippen molar-refractivity contribution in [2.75, 3.05) is 26.7 Å². The van der Waals surface area contributed by atoms with Gasteiger partial charge in [-0.2, -0.15) is 0 Å². The van der Waals surface area contributed by atoms with Crippen LogP contribution in [0.4, 0.5) is 0 Å². The maximum Gasteiger partial charge on any atom is 0.255 e. The summed E-state index contributed by atoms with van der Waals surface area (Å²) in [5.41, 5.74) is 1.77. The fraction of sp³-hybridized carbons (Fsp3) is 0.684. The van der Waals surface area contributed by atoms with Gasteiger partial charge in [0.1, 0.15) is 0 Å². The van der Waals surface area contributed by atoms with Crippen LogP contribution in [0, 0.1) is 5.92 Å². The zero-order valence-electron chi connectivity index (χ0n) is 14.5. The van der Waals surface area contributed by atoms with Crippen molar-refractivity contribution in [2.24, 2.45) is 5.92 Å². The Kier molecular flexibility index (Phi) is 5.31. The Morgan fingerprint density at radius 2 is 1.96 bits per heavy atom. The number of hydrogen-bond donors (Lipinski definition) is 0. The van der Waals surface area contributed by atoms with Crippen molar-refractivity contribution < 1.29 is 4.79 Å². The summed E-state index contributed by atoms with van der Waals surface area (Å²) in [4.78, 5) is 21.5. The number of nitrogens with zero attached hydrogens (tertiary/aromatic N) is 3. The molecule has 1 amide bonds. The molecule has 1 atom stereocenters. The van der Waals surface area contributed by atoms with Gasteiger partial charge in [-0.25, -0.2) is 0 Å². The van der Waals surface area contributed by atoms with Gasteiger partial charge in [0.05, 0.1) is 5.56 Å². The van der Waals surface area contributed by atoms with Crippen molar-refractivity contribution in [1.29, 1.82) is 0 Å². The summed E-state index contributed by atoms with van der Waals surface area (Å²) in [5, 5.41) is 0. The Hall–Kier alpha value is -1.42. The Bertz CT molecular complexity index is 520. The molecule has 0 spiro atoms. The number of aromatic nitrogens is 1. The Morgan fingerprint density at radius 1 is 1.17 bits per heavy atom. The molecule has 4 nitrogen and oxygen atoms in total. The van der Waals surface area contributed by atoms with Crippen LogP contribution in [0.1, 0.15) is 55.1 Å². The zero-order valence-corrected chi connectivity index (χ0v) is 14.5. The van der Waals surface area contributed by atoms with Crippen molar-refractivity contribution in [1.82, 2.24) is 14.8 Å². The number of piperidine rings is 2. The Labute approximate surface area is 139 Å². The summed E-state index contributed by atoms with van der Waals surface area (Å²) < 4.78 is 0. The standard InChI is InChI=1S/C19H29N3O/c1-3-17-8-7-16(14-20-17)19(23)22-12-9-15(10-13-22)18-6-4-5-11-21(18)2/h7-8,14-15,18H,3-6,9-13H2,1-2H3. The van der Waals surface area contributed by atoms with Crippen LogP contribution >= 0.6 is 0 Å². The predicted molar refractivity (Wildman–Crippen MR) is 92.5 cm³/mol. The van der Waals surface area contributed by atoms with E-state index in [0.717, 1.165) is 55.6 Å². The third kappa shape index (κ3) is 3.74. The molecule has 2 fully saturated rings. The average molecular weight is 315 g/mol. The van der Waals surface area contributed by atoms with Crippen LogP contribution in [0.5, 0.6) is 0 Å². The second kappa shape index (κ2) is 7.43. The molecule has 23 heavy (non-hydrogen) atoms. The summed E-state index contributed by atoms with van der Waals surface area (Å²) in [6.45, 7) is 5.10. The predicted octanol–water partition coefficient (Wildman–Crippen LogP) is 2.98. The third-order valence-electron chi connectivity index (χ3n) is 5.63. The first kappa shape index (κ1) is 16.4. The monoisotopic (exact) mass is 315 g/mol. The van der Waals surface area contributed by atoms with Crippen molar-refractivity contribution in [3.05, 3.63) is 29.6 Å². The molecule has 4 heteroatoms. The number of amides is 1. The fourth-order valence-electron chi connectivity index (χ4n) is 4.13. The van der Waals surface area contributed by atoms with Gasteiger partial charge in [-0.3, -0.25) is 9.78 Å². The molecule has 1 unspecified atom stereocenters. The van der Waals surface area contributed by atoms with Gasteiger partial charge in [0, 0.05) is 31.0 Å². The molecule has 2 saturated heterocycles. The highest BCUT2D eigenvalue weighted by atomic mass is 16.2. The van der Waals surface area contributed by atoms with Gasteiger partial charge in [0.25, 0.3) is 5.91 Å². The van der Waals surface area contributed by atoms with Crippen LogP contribution in [0.2, 0.25) is 0 Å². The maximum atomic E-state index is 12.6. The van der Waals surface area contributed by atoms with Gasteiger partial charge in [0.2, 0.25) is 0 Å². The van der Waals surface area contributed by atoms with E-state index in [1.165, 1.54) is 25.8 Å². The molecule has 126 valence electrons. The van der Waals surface area contributed by atoms with Gasteiger partial charge in [-0.15, -0.1) is 0 Å². The highest BCUT2D eigenvalue weighted by molar-refractivity contribution is 5.93. The smallest absolute Gasteiger partial charge is 0.255 e. The van der Waals surface area contributed by atoms with Gasteiger partial charge < -0.3 is 9.80 Å². The lowest BCUT2D eigenvalue weighted by atomic mass is 9.84. The SMILES string of the molecule is CCc1ccc(C(=O)N2CCC(C3CCCCN3C)CC2)cn1. The first-order chi connectivity index (χ1) is 11.2. The molecular formula is C19H29N3O. The molecule has 0 bridgehead atoms. The minimum atomic E-state index is 0.149.